The molecule has 31 heavy (non-hydrogen) atoms. The monoisotopic (exact) mass is 412 g/mol. The second kappa shape index (κ2) is 11.0. The summed E-state index contributed by atoms with van der Waals surface area (Å²) in [6, 6.07) is 18.6. The molecule has 1 fully saturated rings. The lowest BCUT2D eigenvalue weighted by Crippen LogP contribution is -2.22. The minimum atomic E-state index is 0.763. The second-order valence-electron chi connectivity index (χ2n) is 9.90. The minimum Gasteiger partial charge on any atom is -0.103 e. The summed E-state index contributed by atoms with van der Waals surface area (Å²) in [5.41, 5.74) is 7.38. The minimum absolute atomic E-state index is 0.763. The summed E-state index contributed by atoms with van der Waals surface area (Å²) in [6.45, 7) is 6.11. The van der Waals surface area contributed by atoms with Crippen LogP contribution in [0.1, 0.15) is 88.2 Å². The van der Waals surface area contributed by atoms with E-state index in [0.29, 0.717) is 0 Å². The van der Waals surface area contributed by atoms with Gasteiger partial charge in [-0.05, 0) is 104 Å². The van der Waals surface area contributed by atoms with Crippen molar-refractivity contribution in [3.05, 3.63) is 84.0 Å². The fourth-order valence-corrected chi connectivity index (χ4v) is 5.88. The number of allylic oxidation sites excluding steroid dienone is 3. The van der Waals surface area contributed by atoms with E-state index in [1.54, 1.807) is 11.1 Å². The second-order valence-corrected chi connectivity index (χ2v) is 9.90. The zero-order valence-corrected chi connectivity index (χ0v) is 19.5. The van der Waals surface area contributed by atoms with Crippen molar-refractivity contribution in [3.63, 3.8) is 0 Å². The van der Waals surface area contributed by atoms with Crippen LogP contribution in [0.2, 0.25) is 0 Å². The Morgan fingerprint density at radius 3 is 2.06 bits per heavy atom. The molecule has 0 N–H and O–H groups in total. The van der Waals surface area contributed by atoms with Gasteiger partial charge >= 0.3 is 0 Å². The van der Waals surface area contributed by atoms with Crippen LogP contribution in [-0.4, -0.2) is 0 Å². The van der Waals surface area contributed by atoms with Crippen molar-refractivity contribution in [1.29, 1.82) is 0 Å². The lowest BCUT2D eigenvalue weighted by atomic mass is 9.70. The molecule has 0 aliphatic heterocycles. The molecular weight excluding hydrogens is 372 g/mol. The van der Waals surface area contributed by atoms with Crippen molar-refractivity contribution in [3.8, 4) is 11.1 Å². The zero-order chi connectivity index (χ0) is 21.5. The van der Waals surface area contributed by atoms with E-state index < -0.39 is 0 Å². The third-order valence-corrected chi connectivity index (χ3v) is 7.86. The summed E-state index contributed by atoms with van der Waals surface area (Å²) in [6.07, 6.45) is 19.1. The maximum absolute atomic E-state index is 3.87. The highest BCUT2D eigenvalue weighted by molar-refractivity contribution is 5.64. The van der Waals surface area contributed by atoms with Gasteiger partial charge in [0.25, 0.3) is 0 Å². The maximum Gasteiger partial charge on any atom is -0.0162 e. The van der Waals surface area contributed by atoms with Crippen LogP contribution in [0.5, 0.6) is 0 Å². The van der Waals surface area contributed by atoms with Crippen molar-refractivity contribution in [2.75, 3.05) is 0 Å². The van der Waals surface area contributed by atoms with Gasteiger partial charge in [0.05, 0.1) is 0 Å². The maximum atomic E-state index is 3.87. The Bertz CT molecular complexity index is 844. The van der Waals surface area contributed by atoms with Crippen molar-refractivity contribution in [2.24, 2.45) is 11.8 Å². The summed E-state index contributed by atoms with van der Waals surface area (Å²) in [4.78, 5) is 0. The van der Waals surface area contributed by atoms with Gasteiger partial charge in [0.15, 0.2) is 0 Å². The van der Waals surface area contributed by atoms with Gasteiger partial charge in [-0.3, -0.25) is 0 Å². The molecule has 4 rings (SSSR count). The Labute approximate surface area is 190 Å². The van der Waals surface area contributed by atoms with Crippen LogP contribution in [0.25, 0.3) is 11.1 Å². The van der Waals surface area contributed by atoms with Gasteiger partial charge in [-0.1, -0.05) is 79.6 Å². The number of benzene rings is 2. The summed E-state index contributed by atoms with van der Waals surface area (Å²) in [5.74, 6) is 2.65. The molecule has 1 unspecified atom stereocenters. The molecule has 0 heteroatoms. The summed E-state index contributed by atoms with van der Waals surface area (Å²) in [7, 11) is 0. The molecule has 164 valence electrons. The average Bonchev–Trinajstić information content (AvgIpc) is 2.84. The normalized spacial score (nSPS) is 23.9. The van der Waals surface area contributed by atoms with Crippen molar-refractivity contribution < 1.29 is 0 Å². The van der Waals surface area contributed by atoms with Crippen LogP contribution < -0.4 is 0 Å². The SMILES string of the molecule is C=CCCC1=CCC(C2CCC(c3ccc(-c4ccc(CCC)cc4)cc3)CC2)CC1. The third-order valence-electron chi connectivity index (χ3n) is 7.86. The molecule has 0 saturated heterocycles. The molecule has 2 aromatic carbocycles. The van der Waals surface area contributed by atoms with Crippen molar-refractivity contribution >= 4 is 0 Å². The number of hydrogen-bond donors (Lipinski definition) is 0. The van der Waals surface area contributed by atoms with Gasteiger partial charge in [0.1, 0.15) is 0 Å². The average molecular weight is 413 g/mol. The lowest BCUT2D eigenvalue weighted by molar-refractivity contribution is 0.217. The summed E-state index contributed by atoms with van der Waals surface area (Å²) < 4.78 is 0. The van der Waals surface area contributed by atoms with Crippen LogP contribution >= 0.6 is 0 Å². The van der Waals surface area contributed by atoms with Gasteiger partial charge in [-0.15, -0.1) is 6.58 Å². The van der Waals surface area contributed by atoms with Gasteiger partial charge in [-0.25, -0.2) is 0 Å². The first-order valence-corrected chi connectivity index (χ1v) is 12.7. The van der Waals surface area contributed by atoms with Crippen LogP contribution in [0.4, 0.5) is 0 Å². The van der Waals surface area contributed by atoms with Crippen molar-refractivity contribution in [2.45, 2.75) is 83.5 Å². The Morgan fingerprint density at radius 2 is 1.48 bits per heavy atom. The molecule has 2 aliphatic carbocycles. The first-order valence-electron chi connectivity index (χ1n) is 12.7. The zero-order valence-electron chi connectivity index (χ0n) is 19.5. The Balaban J connectivity index is 1.29. The van der Waals surface area contributed by atoms with E-state index in [4.69, 9.17) is 0 Å². The molecule has 1 saturated carbocycles. The molecule has 0 amide bonds. The molecule has 2 aliphatic rings. The first-order chi connectivity index (χ1) is 15.3. The Hall–Kier alpha value is -2.08. The highest BCUT2D eigenvalue weighted by atomic mass is 14.3. The third kappa shape index (κ3) is 5.79. The summed E-state index contributed by atoms with van der Waals surface area (Å²) in [5, 5.41) is 0. The number of aryl methyl sites for hydroxylation is 1. The van der Waals surface area contributed by atoms with E-state index in [1.807, 2.05) is 0 Å². The van der Waals surface area contributed by atoms with E-state index in [9.17, 15) is 0 Å². The molecule has 1 atom stereocenters. The van der Waals surface area contributed by atoms with Crippen LogP contribution in [-0.2, 0) is 6.42 Å². The predicted molar refractivity (Wildman–Crippen MR) is 135 cm³/mol. The van der Waals surface area contributed by atoms with Crippen LogP contribution in [0.15, 0.2) is 72.8 Å². The largest absolute Gasteiger partial charge is 0.103 e. The molecule has 2 aromatic rings. The van der Waals surface area contributed by atoms with E-state index in [2.05, 4.69) is 74.2 Å². The first kappa shape index (κ1) is 22.1. The molecule has 0 nitrogen and oxygen atoms in total. The van der Waals surface area contributed by atoms with E-state index >= 15 is 0 Å². The van der Waals surface area contributed by atoms with Crippen LogP contribution in [0.3, 0.4) is 0 Å². The Morgan fingerprint density at radius 1 is 0.806 bits per heavy atom. The molecule has 0 spiro atoms. The van der Waals surface area contributed by atoms with Gasteiger partial charge < -0.3 is 0 Å². The highest BCUT2D eigenvalue weighted by Gasteiger charge is 2.29. The van der Waals surface area contributed by atoms with Crippen LogP contribution in [0, 0.1) is 11.8 Å². The predicted octanol–water partition coefficient (Wildman–Crippen LogP) is 9.27. The van der Waals surface area contributed by atoms with Gasteiger partial charge in [0.2, 0.25) is 0 Å². The smallest absolute Gasteiger partial charge is 0.0162 e. The fraction of sp³-hybridized carbons (Fsp3) is 0.484. The van der Waals surface area contributed by atoms with E-state index in [-0.39, 0.29) is 0 Å². The highest BCUT2D eigenvalue weighted by Crippen LogP contribution is 2.43. The molecule has 0 heterocycles. The molecule has 0 aromatic heterocycles. The fourth-order valence-electron chi connectivity index (χ4n) is 5.88. The number of hydrogen-bond acceptors (Lipinski definition) is 0. The number of rotatable bonds is 8. The van der Waals surface area contributed by atoms with Gasteiger partial charge in [-0.2, -0.15) is 0 Å². The molecule has 0 radical (unpaired) electrons. The van der Waals surface area contributed by atoms with E-state index in [0.717, 1.165) is 24.2 Å². The lowest BCUT2D eigenvalue weighted by Gasteiger charge is -2.35. The van der Waals surface area contributed by atoms with Gasteiger partial charge in [0, 0.05) is 0 Å². The summed E-state index contributed by atoms with van der Waals surface area (Å²) >= 11 is 0. The van der Waals surface area contributed by atoms with E-state index in [1.165, 1.54) is 80.9 Å². The Kier molecular flexibility index (Phi) is 7.84. The quantitative estimate of drug-likeness (QED) is 0.379. The molecule has 0 bridgehead atoms. The van der Waals surface area contributed by atoms with Crippen molar-refractivity contribution in [1.82, 2.24) is 0 Å². The standard InChI is InChI=1S/C31H40/c1-3-5-7-25-10-14-27(15-11-25)29-18-22-31(23-19-29)30-20-16-28(17-21-30)26-12-8-24(6-4-2)9-13-26/h3,8-10,12-13,16-17,20-21,27,29,31H,1,4-7,11,14-15,18-19,22-23H2,2H3. The molecular formula is C31H40. The topological polar surface area (TPSA) is 0 Å².